The van der Waals surface area contributed by atoms with Crippen molar-refractivity contribution >= 4 is 21.7 Å². The second-order valence-electron chi connectivity index (χ2n) is 7.76. The minimum Gasteiger partial charge on any atom is -0.477 e. The molecule has 0 amide bonds. The third-order valence-corrected chi connectivity index (χ3v) is 5.61. The van der Waals surface area contributed by atoms with Crippen LogP contribution in [0.2, 0.25) is 0 Å². The Kier molecular flexibility index (Phi) is 4.51. The average Bonchev–Trinajstić information content (AvgIpc) is 2.75. The standard InChI is InChI=1S/C24H18F3NO3/c1-14-21-16(10-20-18-7-2-3-8-19(18)23(29)31-22(14)20)12-28(13-30-21)11-15-5-4-6-17(9-15)24(25,26)27/h2-10H,11-13H2,1H3. The number of hydrogen-bond acceptors (Lipinski definition) is 4. The highest BCUT2D eigenvalue weighted by Gasteiger charge is 2.30. The second kappa shape index (κ2) is 7.13. The van der Waals surface area contributed by atoms with Gasteiger partial charge in [0.25, 0.3) is 0 Å². The average molecular weight is 425 g/mol. The number of hydrogen-bond donors (Lipinski definition) is 0. The molecule has 0 radical (unpaired) electrons. The maximum absolute atomic E-state index is 13.0. The highest BCUT2D eigenvalue weighted by molar-refractivity contribution is 6.06. The van der Waals surface area contributed by atoms with Crippen molar-refractivity contribution in [1.82, 2.24) is 4.90 Å². The molecule has 7 heteroatoms. The molecule has 158 valence electrons. The fourth-order valence-electron chi connectivity index (χ4n) is 4.19. The van der Waals surface area contributed by atoms with E-state index in [-0.39, 0.29) is 6.73 Å². The van der Waals surface area contributed by atoms with E-state index >= 15 is 0 Å². The summed E-state index contributed by atoms with van der Waals surface area (Å²) in [5, 5.41) is 2.12. The van der Waals surface area contributed by atoms with E-state index in [4.69, 9.17) is 9.15 Å². The monoisotopic (exact) mass is 425 g/mol. The Morgan fingerprint density at radius 2 is 1.77 bits per heavy atom. The largest absolute Gasteiger partial charge is 0.477 e. The number of alkyl halides is 3. The van der Waals surface area contributed by atoms with Crippen LogP contribution in [-0.4, -0.2) is 11.6 Å². The minimum atomic E-state index is -4.37. The first-order valence-corrected chi connectivity index (χ1v) is 9.80. The molecular formula is C24H18F3NO3. The van der Waals surface area contributed by atoms with Crippen LogP contribution in [0.1, 0.15) is 22.3 Å². The van der Waals surface area contributed by atoms with Crippen molar-refractivity contribution in [3.8, 4) is 5.75 Å². The lowest BCUT2D eigenvalue weighted by Gasteiger charge is -2.30. The van der Waals surface area contributed by atoms with Crippen LogP contribution in [0.25, 0.3) is 21.7 Å². The fourth-order valence-corrected chi connectivity index (χ4v) is 4.19. The molecule has 0 aliphatic carbocycles. The number of fused-ring (bicyclic) bond motifs is 4. The molecule has 5 rings (SSSR count). The molecule has 3 aromatic carbocycles. The lowest BCUT2D eigenvalue weighted by Crippen LogP contribution is -2.32. The molecule has 4 nitrogen and oxygen atoms in total. The van der Waals surface area contributed by atoms with Crippen molar-refractivity contribution in [1.29, 1.82) is 0 Å². The molecule has 0 atom stereocenters. The van der Waals surface area contributed by atoms with Crippen molar-refractivity contribution < 1.29 is 22.3 Å². The summed E-state index contributed by atoms with van der Waals surface area (Å²) in [6, 6.07) is 14.5. The molecule has 0 unspecified atom stereocenters. The van der Waals surface area contributed by atoms with Crippen molar-refractivity contribution in [2.75, 3.05) is 6.73 Å². The summed E-state index contributed by atoms with van der Waals surface area (Å²) < 4.78 is 50.6. The molecule has 0 fully saturated rings. The predicted molar refractivity (Wildman–Crippen MR) is 111 cm³/mol. The van der Waals surface area contributed by atoms with Gasteiger partial charge in [-0.1, -0.05) is 36.4 Å². The Balaban J connectivity index is 1.53. The maximum atomic E-state index is 13.0. The summed E-state index contributed by atoms with van der Waals surface area (Å²) in [6.45, 7) is 2.91. The zero-order valence-electron chi connectivity index (χ0n) is 16.6. The third kappa shape index (κ3) is 3.45. The molecule has 1 aliphatic rings. The van der Waals surface area contributed by atoms with E-state index in [0.29, 0.717) is 35.4 Å². The van der Waals surface area contributed by atoms with Gasteiger partial charge in [-0.2, -0.15) is 13.2 Å². The molecule has 0 saturated carbocycles. The molecule has 1 aromatic heterocycles. The van der Waals surface area contributed by atoms with Gasteiger partial charge in [-0.15, -0.1) is 0 Å². The second-order valence-corrected chi connectivity index (χ2v) is 7.76. The summed E-state index contributed by atoms with van der Waals surface area (Å²) in [6.07, 6.45) is -4.37. The lowest BCUT2D eigenvalue weighted by molar-refractivity contribution is -0.137. The van der Waals surface area contributed by atoms with Crippen LogP contribution in [0.15, 0.2) is 63.8 Å². The molecule has 31 heavy (non-hydrogen) atoms. The smallest absolute Gasteiger partial charge is 0.416 e. The molecule has 0 N–H and O–H groups in total. The number of ether oxygens (including phenoxy) is 1. The summed E-state index contributed by atoms with van der Waals surface area (Å²) in [5.74, 6) is 0.659. The summed E-state index contributed by atoms with van der Waals surface area (Å²) in [4.78, 5) is 14.3. The van der Waals surface area contributed by atoms with Gasteiger partial charge in [0.2, 0.25) is 0 Å². The molecule has 0 bridgehead atoms. The maximum Gasteiger partial charge on any atom is 0.416 e. The van der Waals surface area contributed by atoms with E-state index in [2.05, 4.69) is 0 Å². The Bertz CT molecular complexity index is 1370. The highest BCUT2D eigenvalue weighted by Crippen LogP contribution is 2.37. The Morgan fingerprint density at radius 1 is 1.00 bits per heavy atom. The molecule has 2 heterocycles. The van der Waals surface area contributed by atoms with Crippen LogP contribution < -0.4 is 10.4 Å². The molecular weight excluding hydrogens is 407 g/mol. The van der Waals surface area contributed by atoms with Gasteiger partial charge < -0.3 is 9.15 Å². The first kappa shape index (κ1) is 19.6. The van der Waals surface area contributed by atoms with E-state index in [9.17, 15) is 18.0 Å². The van der Waals surface area contributed by atoms with Crippen LogP contribution in [-0.2, 0) is 19.3 Å². The topological polar surface area (TPSA) is 42.7 Å². The molecule has 0 spiro atoms. The van der Waals surface area contributed by atoms with E-state index in [0.717, 1.165) is 28.0 Å². The number of halogens is 3. The number of nitrogens with zero attached hydrogens (tertiary/aromatic N) is 1. The zero-order chi connectivity index (χ0) is 21.8. The van der Waals surface area contributed by atoms with Gasteiger partial charge in [0, 0.05) is 29.6 Å². The van der Waals surface area contributed by atoms with Gasteiger partial charge in [-0.3, -0.25) is 4.90 Å². The van der Waals surface area contributed by atoms with Crippen LogP contribution in [0.5, 0.6) is 5.75 Å². The first-order valence-electron chi connectivity index (χ1n) is 9.80. The summed E-state index contributed by atoms with van der Waals surface area (Å²) in [5.41, 5.74) is 1.65. The zero-order valence-corrected chi connectivity index (χ0v) is 16.6. The Hall–Kier alpha value is -3.32. The van der Waals surface area contributed by atoms with Gasteiger partial charge in [-0.25, -0.2) is 4.79 Å². The molecule has 1 aliphatic heterocycles. The van der Waals surface area contributed by atoms with Crippen LogP contribution >= 0.6 is 0 Å². The first-order chi connectivity index (χ1) is 14.8. The van der Waals surface area contributed by atoms with Gasteiger partial charge in [0.05, 0.1) is 10.9 Å². The number of benzene rings is 3. The van der Waals surface area contributed by atoms with Crippen LogP contribution in [0.3, 0.4) is 0 Å². The Morgan fingerprint density at radius 3 is 2.55 bits per heavy atom. The van der Waals surface area contributed by atoms with E-state index in [1.807, 2.05) is 30.0 Å². The van der Waals surface area contributed by atoms with Crippen molar-refractivity contribution in [2.45, 2.75) is 26.2 Å². The van der Waals surface area contributed by atoms with E-state index < -0.39 is 17.4 Å². The van der Waals surface area contributed by atoms with E-state index in [1.54, 1.807) is 18.2 Å². The Labute approximate surface area is 175 Å². The van der Waals surface area contributed by atoms with E-state index in [1.165, 1.54) is 12.1 Å². The van der Waals surface area contributed by atoms with Gasteiger partial charge in [0.15, 0.2) is 0 Å². The third-order valence-electron chi connectivity index (χ3n) is 5.61. The summed E-state index contributed by atoms with van der Waals surface area (Å²) >= 11 is 0. The van der Waals surface area contributed by atoms with Gasteiger partial charge in [-0.05, 0) is 36.1 Å². The fraction of sp³-hybridized carbons (Fsp3) is 0.208. The number of rotatable bonds is 2. The highest BCUT2D eigenvalue weighted by atomic mass is 19.4. The lowest BCUT2D eigenvalue weighted by atomic mass is 10.00. The normalized spacial score (nSPS) is 14.6. The van der Waals surface area contributed by atoms with Crippen LogP contribution in [0, 0.1) is 6.92 Å². The van der Waals surface area contributed by atoms with Gasteiger partial charge in [0.1, 0.15) is 18.1 Å². The van der Waals surface area contributed by atoms with Crippen molar-refractivity contribution in [3.05, 3.63) is 87.3 Å². The van der Waals surface area contributed by atoms with Crippen LogP contribution in [0.4, 0.5) is 13.2 Å². The quantitative estimate of drug-likeness (QED) is 0.309. The SMILES string of the molecule is Cc1c2c(cc3c1oc(=O)c1ccccc13)CN(Cc1cccc(C(F)(F)F)c1)CO2. The minimum absolute atomic E-state index is 0.230. The summed E-state index contributed by atoms with van der Waals surface area (Å²) in [7, 11) is 0. The van der Waals surface area contributed by atoms with Crippen molar-refractivity contribution in [2.24, 2.45) is 0 Å². The van der Waals surface area contributed by atoms with Crippen molar-refractivity contribution in [3.63, 3.8) is 0 Å². The molecule has 4 aromatic rings. The van der Waals surface area contributed by atoms with Gasteiger partial charge >= 0.3 is 11.8 Å². The predicted octanol–water partition coefficient (Wildman–Crippen LogP) is 5.63. The number of aryl methyl sites for hydroxylation is 1. The molecule has 0 saturated heterocycles.